The zero-order valence-corrected chi connectivity index (χ0v) is 15.0. The maximum atomic E-state index is 5.83. The molecule has 0 fully saturated rings. The molecule has 0 bridgehead atoms. The van der Waals surface area contributed by atoms with E-state index in [0.717, 1.165) is 11.3 Å². The molecule has 24 heavy (non-hydrogen) atoms. The third-order valence-electron chi connectivity index (χ3n) is 3.96. The van der Waals surface area contributed by atoms with Gasteiger partial charge in [-0.25, -0.2) is 0 Å². The Kier molecular flexibility index (Phi) is 6.50. The van der Waals surface area contributed by atoms with Crippen LogP contribution in [0.2, 0.25) is 0 Å². The van der Waals surface area contributed by atoms with Crippen LogP contribution in [0.15, 0.2) is 36.4 Å². The molecule has 2 aromatic carbocycles. The maximum absolute atomic E-state index is 5.83. The summed E-state index contributed by atoms with van der Waals surface area (Å²) in [5, 5.41) is 0. The maximum Gasteiger partial charge on any atom is 0.165 e. The standard InChI is InChI=1S/C20H27NO3/c1-14(2)18-9-8-17(12-15(18)3)23-10-11-24-20-16(13-21)6-5-7-19(20)22-4/h5-9,12,14H,10-11,13,21H2,1-4H3. The second-order valence-corrected chi connectivity index (χ2v) is 6.02. The fourth-order valence-electron chi connectivity index (χ4n) is 2.74. The summed E-state index contributed by atoms with van der Waals surface area (Å²) < 4.78 is 17.0. The predicted molar refractivity (Wildman–Crippen MR) is 97.1 cm³/mol. The van der Waals surface area contributed by atoms with Crippen LogP contribution in [0.4, 0.5) is 0 Å². The number of methoxy groups -OCH3 is 1. The van der Waals surface area contributed by atoms with E-state index in [4.69, 9.17) is 19.9 Å². The van der Waals surface area contributed by atoms with Crippen molar-refractivity contribution in [2.24, 2.45) is 5.73 Å². The van der Waals surface area contributed by atoms with Gasteiger partial charge in [0, 0.05) is 12.1 Å². The molecule has 0 amide bonds. The molecule has 0 spiro atoms. The molecule has 0 aromatic heterocycles. The minimum Gasteiger partial charge on any atom is -0.493 e. The zero-order chi connectivity index (χ0) is 17.5. The fraction of sp³-hybridized carbons (Fsp3) is 0.400. The summed E-state index contributed by atoms with van der Waals surface area (Å²) in [5.74, 6) is 2.76. The van der Waals surface area contributed by atoms with E-state index in [2.05, 4.69) is 32.9 Å². The van der Waals surface area contributed by atoms with E-state index in [9.17, 15) is 0 Å². The van der Waals surface area contributed by atoms with Crippen LogP contribution in [-0.2, 0) is 6.54 Å². The summed E-state index contributed by atoms with van der Waals surface area (Å²) >= 11 is 0. The number of hydrogen-bond donors (Lipinski definition) is 1. The molecule has 0 aliphatic rings. The number of para-hydroxylation sites is 1. The fourth-order valence-corrected chi connectivity index (χ4v) is 2.74. The first kappa shape index (κ1) is 18.1. The molecule has 4 heteroatoms. The molecular weight excluding hydrogens is 302 g/mol. The topological polar surface area (TPSA) is 53.7 Å². The van der Waals surface area contributed by atoms with Gasteiger partial charge >= 0.3 is 0 Å². The van der Waals surface area contributed by atoms with Crippen molar-refractivity contribution in [3.63, 3.8) is 0 Å². The van der Waals surface area contributed by atoms with E-state index in [-0.39, 0.29) is 0 Å². The number of aryl methyl sites for hydroxylation is 1. The lowest BCUT2D eigenvalue weighted by Gasteiger charge is -2.15. The van der Waals surface area contributed by atoms with Gasteiger partial charge < -0.3 is 19.9 Å². The Morgan fingerprint density at radius 3 is 2.42 bits per heavy atom. The van der Waals surface area contributed by atoms with Gasteiger partial charge in [-0.05, 0) is 42.2 Å². The molecule has 2 aromatic rings. The van der Waals surface area contributed by atoms with E-state index in [0.29, 0.717) is 37.2 Å². The number of ether oxygens (including phenoxy) is 3. The average molecular weight is 329 g/mol. The Hall–Kier alpha value is -2.20. The molecule has 2 rings (SSSR count). The van der Waals surface area contributed by atoms with Crippen molar-refractivity contribution in [3.8, 4) is 17.2 Å². The van der Waals surface area contributed by atoms with Gasteiger partial charge in [0.1, 0.15) is 19.0 Å². The van der Waals surface area contributed by atoms with Gasteiger partial charge in [0.05, 0.1) is 7.11 Å². The van der Waals surface area contributed by atoms with Crippen LogP contribution >= 0.6 is 0 Å². The van der Waals surface area contributed by atoms with Crippen LogP contribution in [0, 0.1) is 6.92 Å². The zero-order valence-electron chi connectivity index (χ0n) is 15.0. The first-order valence-electron chi connectivity index (χ1n) is 8.29. The molecular formula is C20H27NO3. The SMILES string of the molecule is COc1cccc(CN)c1OCCOc1ccc(C(C)C)c(C)c1. The van der Waals surface area contributed by atoms with E-state index in [1.54, 1.807) is 7.11 Å². The third-order valence-corrected chi connectivity index (χ3v) is 3.96. The molecule has 130 valence electrons. The second kappa shape index (κ2) is 8.60. The normalized spacial score (nSPS) is 10.8. The summed E-state index contributed by atoms with van der Waals surface area (Å²) in [6.07, 6.45) is 0. The van der Waals surface area contributed by atoms with Gasteiger partial charge in [-0.2, -0.15) is 0 Å². The Morgan fingerprint density at radius 1 is 1.04 bits per heavy atom. The molecule has 0 aliphatic carbocycles. The summed E-state index contributed by atoms with van der Waals surface area (Å²) in [5.41, 5.74) is 9.28. The highest BCUT2D eigenvalue weighted by Gasteiger charge is 2.09. The van der Waals surface area contributed by atoms with Crippen molar-refractivity contribution >= 4 is 0 Å². The van der Waals surface area contributed by atoms with Crippen molar-refractivity contribution in [1.82, 2.24) is 0 Å². The Bertz CT molecular complexity index is 646. The van der Waals surface area contributed by atoms with E-state index in [1.807, 2.05) is 24.3 Å². The van der Waals surface area contributed by atoms with Gasteiger partial charge in [0.25, 0.3) is 0 Å². The molecule has 0 aliphatic heterocycles. The van der Waals surface area contributed by atoms with Crippen LogP contribution in [0.1, 0.15) is 36.5 Å². The monoisotopic (exact) mass is 329 g/mol. The van der Waals surface area contributed by atoms with Gasteiger partial charge in [0.15, 0.2) is 11.5 Å². The molecule has 0 saturated heterocycles. The van der Waals surface area contributed by atoms with E-state index >= 15 is 0 Å². The van der Waals surface area contributed by atoms with Crippen LogP contribution in [0.25, 0.3) is 0 Å². The lowest BCUT2D eigenvalue weighted by molar-refractivity contribution is 0.210. The minimum absolute atomic E-state index is 0.406. The number of nitrogens with two attached hydrogens (primary N) is 1. The van der Waals surface area contributed by atoms with Gasteiger partial charge in [0.2, 0.25) is 0 Å². The number of benzene rings is 2. The highest BCUT2D eigenvalue weighted by molar-refractivity contribution is 5.46. The minimum atomic E-state index is 0.406. The third kappa shape index (κ3) is 4.42. The summed E-state index contributed by atoms with van der Waals surface area (Å²) in [6, 6.07) is 11.9. The van der Waals surface area contributed by atoms with Crippen LogP contribution in [0.5, 0.6) is 17.2 Å². The molecule has 0 radical (unpaired) electrons. The van der Waals surface area contributed by atoms with Crippen LogP contribution in [-0.4, -0.2) is 20.3 Å². The predicted octanol–water partition coefficient (Wildman–Crippen LogP) is 4.04. The van der Waals surface area contributed by atoms with Crippen LogP contribution in [0.3, 0.4) is 0 Å². The van der Waals surface area contributed by atoms with Crippen molar-refractivity contribution in [2.45, 2.75) is 33.2 Å². The van der Waals surface area contributed by atoms with Crippen molar-refractivity contribution in [1.29, 1.82) is 0 Å². The first-order chi connectivity index (χ1) is 11.6. The lowest BCUT2D eigenvalue weighted by Crippen LogP contribution is -2.12. The Morgan fingerprint density at radius 2 is 1.79 bits per heavy atom. The number of hydrogen-bond acceptors (Lipinski definition) is 4. The highest BCUT2D eigenvalue weighted by atomic mass is 16.5. The van der Waals surface area contributed by atoms with E-state index in [1.165, 1.54) is 11.1 Å². The van der Waals surface area contributed by atoms with Gasteiger partial charge in [-0.3, -0.25) is 0 Å². The van der Waals surface area contributed by atoms with Crippen LogP contribution < -0.4 is 19.9 Å². The number of rotatable bonds is 8. The van der Waals surface area contributed by atoms with Crippen molar-refractivity contribution in [2.75, 3.05) is 20.3 Å². The average Bonchev–Trinajstić information content (AvgIpc) is 2.58. The van der Waals surface area contributed by atoms with Gasteiger partial charge in [-0.15, -0.1) is 0 Å². The summed E-state index contributed by atoms with van der Waals surface area (Å²) in [7, 11) is 1.62. The Labute approximate surface area is 144 Å². The second-order valence-electron chi connectivity index (χ2n) is 6.02. The molecule has 0 heterocycles. The summed E-state index contributed by atoms with van der Waals surface area (Å²) in [6.45, 7) is 7.79. The smallest absolute Gasteiger partial charge is 0.165 e. The highest BCUT2D eigenvalue weighted by Crippen LogP contribution is 2.30. The lowest BCUT2D eigenvalue weighted by atomic mass is 9.98. The van der Waals surface area contributed by atoms with E-state index < -0.39 is 0 Å². The summed E-state index contributed by atoms with van der Waals surface area (Å²) in [4.78, 5) is 0. The quantitative estimate of drug-likeness (QED) is 0.743. The van der Waals surface area contributed by atoms with Crippen molar-refractivity contribution in [3.05, 3.63) is 53.1 Å². The molecule has 0 atom stereocenters. The largest absolute Gasteiger partial charge is 0.493 e. The molecule has 4 nitrogen and oxygen atoms in total. The molecule has 2 N–H and O–H groups in total. The van der Waals surface area contributed by atoms with Crippen molar-refractivity contribution < 1.29 is 14.2 Å². The van der Waals surface area contributed by atoms with Gasteiger partial charge in [-0.1, -0.05) is 32.0 Å². The Balaban J connectivity index is 1.93. The molecule has 0 saturated carbocycles. The first-order valence-corrected chi connectivity index (χ1v) is 8.29. The molecule has 0 unspecified atom stereocenters.